The number of nitrogens with zero attached hydrogens (tertiary/aromatic N) is 1. The zero-order valence-electron chi connectivity index (χ0n) is 16.0. The monoisotopic (exact) mass is 439 g/mol. The van der Waals surface area contributed by atoms with Crippen molar-refractivity contribution in [3.8, 4) is 0 Å². The molecule has 2 aromatic carbocycles. The maximum atomic E-state index is 4.73. The van der Waals surface area contributed by atoms with Crippen molar-refractivity contribution in [1.82, 2.24) is 4.90 Å². The standard InChI is InChI=1S/C20H28N3.2ClH.Co/c1-15-8-6-9-16(2)19(15)21-12-13-23(5)14-22-20-17(3)10-7-11-18(20)4;;;/h6-10,21-22H,12-14H2,1-5H3;2*1H;/q-1;;;+3/p-2. The fraction of sp³-hybridized carbons (Fsp3) is 0.400. The molecule has 2 rings (SSSR count). The Morgan fingerprint density at radius 2 is 1.54 bits per heavy atom. The summed E-state index contributed by atoms with van der Waals surface area (Å²) in [5.74, 6) is 0. The minimum absolute atomic E-state index is 0.382. The Morgan fingerprint density at radius 3 is 2.12 bits per heavy atom. The minimum atomic E-state index is 0.382. The molecule has 0 fully saturated rings. The maximum absolute atomic E-state index is 4.73. The van der Waals surface area contributed by atoms with Crippen LogP contribution in [0, 0.1) is 33.8 Å². The van der Waals surface area contributed by atoms with Gasteiger partial charge in [0.05, 0.1) is 6.67 Å². The summed E-state index contributed by atoms with van der Waals surface area (Å²) >= 11 is 0.382. The van der Waals surface area contributed by atoms with Crippen LogP contribution in [0.4, 0.5) is 11.4 Å². The molecule has 6 heteroatoms. The van der Waals surface area contributed by atoms with Crippen molar-refractivity contribution in [3.63, 3.8) is 0 Å². The van der Waals surface area contributed by atoms with E-state index in [0.717, 1.165) is 19.8 Å². The Kier molecular flexibility index (Phi) is 11.1. The number of hydrogen-bond donors (Lipinski definition) is 2. The number of aryl methyl sites for hydroxylation is 4. The molecule has 0 amide bonds. The van der Waals surface area contributed by atoms with Crippen molar-refractivity contribution in [1.29, 1.82) is 0 Å². The summed E-state index contributed by atoms with van der Waals surface area (Å²) in [6.07, 6.45) is 0. The van der Waals surface area contributed by atoms with Gasteiger partial charge in [-0.3, -0.25) is 4.90 Å². The van der Waals surface area contributed by atoms with E-state index < -0.39 is 0 Å². The number of likely N-dealkylation sites (N-methyl/N-ethyl adjacent to an activating group) is 1. The van der Waals surface area contributed by atoms with Crippen LogP contribution in [0.3, 0.4) is 0 Å². The molecule has 0 spiro atoms. The molecular formula is C20H28Cl2CoN3. The van der Waals surface area contributed by atoms with Crippen molar-refractivity contribution in [2.45, 2.75) is 27.7 Å². The second kappa shape index (κ2) is 12.5. The Hall–Kier alpha value is -0.914. The molecule has 0 saturated carbocycles. The molecule has 0 aliphatic rings. The summed E-state index contributed by atoms with van der Waals surface area (Å²) in [5.41, 5.74) is 7.50. The second-order valence-electron chi connectivity index (χ2n) is 6.32. The van der Waals surface area contributed by atoms with E-state index in [0.29, 0.717) is 12.9 Å². The van der Waals surface area contributed by atoms with Crippen molar-refractivity contribution in [2.24, 2.45) is 0 Å². The molecule has 0 heterocycles. The first-order valence-corrected chi connectivity index (χ1v) is 11.3. The normalized spacial score (nSPS) is 10.5. The van der Waals surface area contributed by atoms with Crippen LogP contribution < -0.4 is 10.6 Å². The molecule has 0 atom stereocenters. The quantitative estimate of drug-likeness (QED) is 0.439. The predicted octanol–water partition coefficient (Wildman–Crippen LogP) is 5.51. The molecule has 0 unspecified atom stereocenters. The zero-order valence-corrected chi connectivity index (χ0v) is 18.6. The van der Waals surface area contributed by atoms with Gasteiger partial charge in [0, 0.05) is 18.8 Å². The number of halogens is 2. The predicted molar refractivity (Wildman–Crippen MR) is 112 cm³/mol. The molecular weight excluding hydrogens is 412 g/mol. The second-order valence-corrected chi connectivity index (χ2v) is 8.04. The van der Waals surface area contributed by atoms with Crippen LogP contribution in [0.5, 0.6) is 0 Å². The van der Waals surface area contributed by atoms with Gasteiger partial charge in [-0.25, -0.2) is 0 Å². The first-order valence-electron chi connectivity index (χ1n) is 8.44. The van der Waals surface area contributed by atoms with Gasteiger partial charge in [-0.15, -0.1) is 11.1 Å². The molecule has 0 radical (unpaired) electrons. The Balaban J connectivity index is 0.00000105. The van der Waals surface area contributed by atoms with E-state index in [-0.39, 0.29) is 0 Å². The van der Waals surface area contributed by atoms with Crippen molar-refractivity contribution >= 4 is 31.7 Å². The van der Waals surface area contributed by atoms with Crippen molar-refractivity contribution in [2.75, 3.05) is 37.4 Å². The van der Waals surface area contributed by atoms with Gasteiger partial charge in [0.15, 0.2) is 0 Å². The van der Waals surface area contributed by atoms with E-state index in [1.165, 1.54) is 33.6 Å². The van der Waals surface area contributed by atoms with Crippen LogP contribution in [0.1, 0.15) is 22.3 Å². The Bertz CT molecular complexity index is 640. The fourth-order valence-corrected chi connectivity index (χ4v) is 2.77. The Morgan fingerprint density at radius 1 is 0.962 bits per heavy atom. The molecule has 0 aromatic heterocycles. The third kappa shape index (κ3) is 7.76. The van der Waals surface area contributed by atoms with Gasteiger partial charge in [-0.05, 0) is 32.0 Å². The summed E-state index contributed by atoms with van der Waals surface area (Å²) in [6.45, 7) is 11.3. The average molecular weight is 440 g/mol. The molecule has 0 aliphatic carbocycles. The van der Waals surface area contributed by atoms with E-state index in [2.05, 4.69) is 80.6 Å². The molecule has 0 saturated heterocycles. The summed E-state index contributed by atoms with van der Waals surface area (Å²) in [4.78, 5) is 2.28. The van der Waals surface area contributed by atoms with Gasteiger partial charge in [-0.2, -0.15) is 18.2 Å². The number of anilines is 2. The number of rotatable bonds is 7. The number of nitrogens with one attached hydrogen (secondary N) is 2. The number of para-hydroxylation sites is 1. The van der Waals surface area contributed by atoms with E-state index in [9.17, 15) is 0 Å². The summed E-state index contributed by atoms with van der Waals surface area (Å²) in [5, 5.41) is 7.08. The van der Waals surface area contributed by atoms with E-state index in [4.69, 9.17) is 20.3 Å². The SMILES string of the molecule is Cc1[c-]ccc(C)c1NCN(C)CCNc1c(C)cccc1C.[Cl][Co+][Cl]. The molecule has 26 heavy (non-hydrogen) atoms. The summed E-state index contributed by atoms with van der Waals surface area (Å²) in [7, 11) is 11.6. The first-order chi connectivity index (χ1) is 12.4. The molecule has 2 aromatic rings. The van der Waals surface area contributed by atoms with Crippen LogP contribution in [0.2, 0.25) is 0 Å². The molecule has 3 nitrogen and oxygen atoms in total. The number of benzene rings is 2. The fourth-order valence-electron chi connectivity index (χ4n) is 2.77. The molecule has 0 aliphatic heterocycles. The molecule has 146 valence electrons. The van der Waals surface area contributed by atoms with Gasteiger partial charge in [0.1, 0.15) is 0 Å². The van der Waals surface area contributed by atoms with Crippen LogP contribution in [-0.2, 0) is 12.9 Å². The summed E-state index contributed by atoms with van der Waals surface area (Å²) in [6, 6.07) is 13.7. The van der Waals surface area contributed by atoms with E-state index in [1.54, 1.807) is 0 Å². The number of hydrogen-bond acceptors (Lipinski definition) is 3. The third-order valence-electron chi connectivity index (χ3n) is 4.20. The third-order valence-corrected chi connectivity index (χ3v) is 4.20. The van der Waals surface area contributed by atoms with Gasteiger partial charge < -0.3 is 10.6 Å². The van der Waals surface area contributed by atoms with Crippen LogP contribution in [-0.4, -0.2) is 31.7 Å². The molecule has 2 N–H and O–H groups in total. The van der Waals surface area contributed by atoms with Gasteiger partial charge in [-0.1, -0.05) is 37.7 Å². The van der Waals surface area contributed by atoms with Gasteiger partial charge in [0.2, 0.25) is 0 Å². The van der Waals surface area contributed by atoms with Gasteiger partial charge >= 0.3 is 33.2 Å². The van der Waals surface area contributed by atoms with Crippen molar-refractivity contribution in [3.05, 3.63) is 58.7 Å². The zero-order chi connectivity index (χ0) is 19.5. The van der Waals surface area contributed by atoms with Crippen molar-refractivity contribution < 1.29 is 12.9 Å². The van der Waals surface area contributed by atoms with Crippen LogP contribution >= 0.6 is 20.3 Å². The van der Waals surface area contributed by atoms with E-state index in [1.807, 2.05) is 6.07 Å². The van der Waals surface area contributed by atoms with Crippen LogP contribution in [0.15, 0.2) is 30.3 Å². The topological polar surface area (TPSA) is 27.3 Å². The average Bonchev–Trinajstić information content (AvgIpc) is 2.58. The molecule has 0 bridgehead atoms. The Labute approximate surface area is 172 Å². The van der Waals surface area contributed by atoms with Crippen LogP contribution in [0.25, 0.3) is 0 Å². The summed E-state index contributed by atoms with van der Waals surface area (Å²) < 4.78 is 0. The van der Waals surface area contributed by atoms with Gasteiger partial charge in [0.25, 0.3) is 0 Å². The van der Waals surface area contributed by atoms with E-state index >= 15 is 0 Å². The first kappa shape index (κ1) is 23.1.